The number of amides is 2. The number of rotatable bonds is 13. The van der Waals surface area contributed by atoms with Crippen LogP contribution < -0.4 is 10.1 Å². The van der Waals surface area contributed by atoms with Crippen molar-refractivity contribution in [2.75, 3.05) is 25.1 Å². The van der Waals surface area contributed by atoms with Gasteiger partial charge in [0.25, 0.3) is 5.91 Å². The van der Waals surface area contributed by atoms with E-state index in [1.54, 1.807) is 30.0 Å². The maximum absolute atomic E-state index is 13.4. The van der Waals surface area contributed by atoms with Gasteiger partial charge >= 0.3 is 12.1 Å². The average molecular weight is 603 g/mol. The predicted octanol–water partition coefficient (Wildman–Crippen LogP) is 7.22. The van der Waals surface area contributed by atoms with Crippen molar-refractivity contribution < 1.29 is 24.2 Å². The number of carboxylic acid groups (broad SMARTS) is 1. The van der Waals surface area contributed by atoms with Crippen LogP contribution in [-0.2, 0) is 11.2 Å². The van der Waals surface area contributed by atoms with E-state index in [1.165, 1.54) is 19.3 Å². The van der Waals surface area contributed by atoms with E-state index in [0.717, 1.165) is 35.1 Å². The molecule has 0 spiro atoms. The van der Waals surface area contributed by atoms with Crippen molar-refractivity contribution in [2.45, 2.75) is 57.9 Å². The quantitative estimate of drug-likeness (QED) is 0.214. The van der Waals surface area contributed by atoms with Crippen molar-refractivity contribution in [2.24, 2.45) is 5.92 Å². The van der Waals surface area contributed by atoms with Crippen molar-refractivity contribution in [1.82, 2.24) is 10.2 Å². The van der Waals surface area contributed by atoms with Crippen LogP contribution in [-0.4, -0.2) is 59.1 Å². The van der Waals surface area contributed by atoms with Crippen LogP contribution in [0.1, 0.15) is 60.0 Å². The third-order valence-electron chi connectivity index (χ3n) is 8.06. The summed E-state index contributed by atoms with van der Waals surface area (Å²) >= 11 is 1.54. The lowest BCUT2D eigenvalue weighted by Gasteiger charge is -2.29. The van der Waals surface area contributed by atoms with Gasteiger partial charge in [0.2, 0.25) is 0 Å². The average Bonchev–Trinajstić information content (AvgIpc) is 3.02. The highest BCUT2D eigenvalue weighted by molar-refractivity contribution is 7.98. The molecule has 43 heavy (non-hydrogen) atoms. The Labute approximate surface area is 259 Å². The summed E-state index contributed by atoms with van der Waals surface area (Å²) in [6.07, 6.45) is 8.35. The molecule has 1 saturated carbocycles. The minimum Gasteiger partial charge on any atom is -0.480 e. The predicted molar refractivity (Wildman–Crippen MR) is 173 cm³/mol. The summed E-state index contributed by atoms with van der Waals surface area (Å²) in [5.41, 5.74) is 4.07. The van der Waals surface area contributed by atoms with Crippen LogP contribution in [0.5, 0.6) is 5.75 Å². The Balaban J connectivity index is 1.57. The largest absolute Gasteiger partial charge is 0.480 e. The number of nitrogens with one attached hydrogen (secondary N) is 1. The maximum atomic E-state index is 13.4. The summed E-state index contributed by atoms with van der Waals surface area (Å²) in [6, 6.07) is 21.7. The molecule has 3 aromatic rings. The Bertz CT molecular complexity index is 1370. The van der Waals surface area contributed by atoms with Crippen molar-refractivity contribution in [3.63, 3.8) is 0 Å². The molecule has 1 fully saturated rings. The molecule has 3 aromatic carbocycles. The van der Waals surface area contributed by atoms with E-state index >= 15 is 0 Å². The lowest BCUT2D eigenvalue weighted by molar-refractivity contribution is -0.139. The molecule has 228 valence electrons. The maximum Gasteiger partial charge on any atom is 0.415 e. The number of aryl methyl sites for hydroxylation is 1. The van der Waals surface area contributed by atoms with E-state index in [1.807, 2.05) is 72.7 Å². The topological polar surface area (TPSA) is 95.9 Å². The number of hydrogen-bond acceptors (Lipinski definition) is 5. The number of carboxylic acids is 1. The molecule has 0 radical (unpaired) electrons. The van der Waals surface area contributed by atoms with Gasteiger partial charge in [0.1, 0.15) is 11.8 Å². The molecule has 4 rings (SSSR count). The summed E-state index contributed by atoms with van der Waals surface area (Å²) in [7, 11) is 0. The first-order valence-electron chi connectivity index (χ1n) is 15.1. The Kier molecular flexibility index (Phi) is 12.1. The third kappa shape index (κ3) is 9.35. The molecule has 0 aromatic heterocycles. The number of ether oxygens (including phenoxy) is 1. The SMILES string of the molecule is CSCC[C@H](NC(=O)c1ccc(CCN(CC2CCCCC2)C(=O)Oc2ccccc2)cc1-c1ccccc1C)C(=O)O. The summed E-state index contributed by atoms with van der Waals surface area (Å²) in [6.45, 7) is 3.13. The van der Waals surface area contributed by atoms with Gasteiger partial charge in [0, 0.05) is 18.7 Å². The number of aliphatic carboxylic acids is 1. The highest BCUT2D eigenvalue weighted by Crippen LogP contribution is 2.29. The lowest BCUT2D eigenvalue weighted by atomic mass is 9.89. The first-order chi connectivity index (χ1) is 20.9. The minimum absolute atomic E-state index is 0.343. The fourth-order valence-electron chi connectivity index (χ4n) is 5.63. The molecular formula is C35H42N2O5S. The van der Waals surface area contributed by atoms with Gasteiger partial charge in [-0.2, -0.15) is 11.8 Å². The Morgan fingerprint density at radius 2 is 1.70 bits per heavy atom. The van der Waals surface area contributed by atoms with E-state index < -0.39 is 17.9 Å². The molecule has 2 amide bonds. The van der Waals surface area contributed by atoms with Crippen LogP contribution in [0.15, 0.2) is 72.8 Å². The second-order valence-electron chi connectivity index (χ2n) is 11.2. The summed E-state index contributed by atoms with van der Waals surface area (Å²) in [5.74, 6) is 0.153. The van der Waals surface area contributed by atoms with Crippen molar-refractivity contribution in [3.8, 4) is 16.9 Å². The highest BCUT2D eigenvalue weighted by atomic mass is 32.2. The Hall–Kier alpha value is -3.78. The minimum atomic E-state index is -1.04. The Morgan fingerprint density at radius 3 is 2.40 bits per heavy atom. The molecule has 0 unspecified atom stereocenters. The second-order valence-corrected chi connectivity index (χ2v) is 12.2. The number of benzene rings is 3. The highest BCUT2D eigenvalue weighted by Gasteiger charge is 2.25. The molecule has 2 N–H and O–H groups in total. The molecule has 0 saturated heterocycles. The molecular weight excluding hydrogens is 560 g/mol. The van der Waals surface area contributed by atoms with Crippen LogP contribution in [0, 0.1) is 12.8 Å². The van der Waals surface area contributed by atoms with Crippen LogP contribution >= 0.6 is 11.8 Å². The Morgan fingerprint density at radius 1 is 0.977 bits per heavy atom. The van der Waals surface area contributed by atoms with Gasteiger partial charge in [-0.3, -0.25) is 4.79 Å². The molecule has 0 aliphatic heterocycles. The number of para-hydroxylation sites is 1. The molecule has 1 aliphatic carbocycles. The van der Waals surface area contributed by atoms with Gasteiger partial charge in [-0.05, 0) is 91.0 Å². The number of thioether (sulfide) groups is 1. The van der Waals surface area contributed by atoms with Gasteiger partial charge in [-0.1, -0.05) is 73.9 Å². The number of hydrogen-bond donors (Lipinski definition) is 2. The van der Waals surface area contributed by atoms with Crippen molar-refractivity contribution >= 4 is 29.7 Å². The van der Waals surface area contributed by atoms with Gasteiger partial charge < -0.3 is 20.1 Å². The number of carbonyl (C=O) groups excluding carboxylic acids is 2. The zero-order chi connectivity index (χ0) is 30.6. The van der Waals surface area contributed by atoms with E-state index in [-0.39, 0.29) is 6.09 Å². The number of carbonyl (C=O) groups is 3. The molecule has 0 bridgehead atoms. The molecule has 1 aliphatic rings. The van der Waals surface area contributed by atoms with Crippen molar-refractivity contribution in [1.29, 1.82) is 0 Å². The van der Waals surface area contributed by atoms with Crippen LogP contribution in [0.25, 0.3) is 11.1 Å². The normalized spacial score (nSPS) is 14.1. The van der Waals surface area contributed by atoms with E-state index in [9.17, 15) is 19.5 Å². The molecule has 8 heteroatoms. The standard InChI is InChI=1S/C35H42N2O5S/c1-25-11-9-10-16-29(25)31-23-26(17-18-30(31)33(38)36-32(34(39)40)20-22-43-2)19-21-37(24-27-12-5-3-6-13-27)35(41)42-28-14-7-4-8-15-28/h4,7-11,14-18,23,27,32H,3,5-6,12-13,19-22,24H2,1-2H3,(H,36,38)(H,39,40)/t32-/m0/s1. The molecule has 7 nitrogen and oxygen atoms in total. The second kappa shape index (κ2) is 16.2. The smallest absolute Gasteiger partial charge is 0.415 e. The zero-order valence-electron chi connectivity index (χ0n) is 25.1. The molecule has 1 atom stereocenters. The zero-order valence-corrected chi connectivity index (χ0v) is 25.9. The summed E-state index contributed by atoms with van der Waals surface area (Å²) < 4.78 is 5.73. The van der Waals surface area contributed by atoms with Gasteiger partial charge in [0.15, 0.2) is 0 Å². The van der Waals surface area contributed by atoms with Crippen LogP contribution in [0.2, 0.25) is 0 Å². The first-order valence-corrected chi connectivity index (χ1v) is 16.5. The fraction of sp³-hybridized carbons (Fsp3) is 0.400. The van der Waals surface area contributed by atoms with Gasteiger partial charge in [0.05, 0.1) is 0 Å². The number of nitrogens with zero attached hydrogens (tertiary/aromatic N) is 1. The lowest BCUT2D eigenvalue weighted by Crippen LogP contribution is -2.41. The summed E-state index contributed by atoms with van der Waals surface area (Å²) in [5, 5.41) is 12.4. The fourth-order valence-corrected chi connectivity index (χ4v) is 6.10. The van der Waals surface area contributed by atoms with Gasteiger partial charge in [-0.25, -0.2) is 9.59 Å². The summed E-state index contributed by atoms with van der Waals surface area (Å²) in [4.78, 5) is 40.4. The van der Waals surface area contributed by atoms with E-state index in [4.69, 9.17) is 4.74 Å². The van der Waals surface area contributed by atoms with E-state index in [2.05, 4.69) is 5.32 Å². The monoisotopic (exact) mass is 602 g/mol. The van der Waals surface area contributed by atoms with Crippen LogP contribution in [0.4, 0.5) is 4.79 Å². The van der Waals surface area contributed by atoms with E-state index in [0.29, 0.717) is 48.9 Å². The third-order valence-corrected chi connectivity index (χ3v) is 8.70. The first kappa shape index (κ1) is 32.1. The van der Waals surface area contributed by atoms with Crippen molar-refractivity contribution in [3.05, 3.63) is 89.5 Å². The molecule has 0 heterocycles. The van der Waals surface area contributed by atoms with Gasteiger partial charge in [-0.15, -0.1) is 0 Å². The van der Waals surface area contributed by atoms with Crippen LogP contribution in [0.3, 0.4) is 0 Å².